The van der Waals surface area contributed by atoms with Gasteiger partial charge in [-0.2, -0.15) is 0 Å². The number of hydroxylamine groups is 2. The van der Waals surface area contributed by atoms with Crippen LogP contribution < -0.4 is 0 Å². The molecule has 98 valence electrons. The Hall–Kier alpha value is -2.59. The molecule has 2 N–H and O–H groups in total. The number of benzene rings is 2. The molecular weight excluding hydrogens is 252 g/mol. The van der Waals surface area contributed by atoms with Crippen LogP contribution in [0.25, 0.3) is 10.9 Å². The first-order valence-corrected chi connectivity index (χ1v) is 6.45. The van der Waals surface area contributed by atoms with Crippen LogP contribution in [-0.2, 0) is 0 Å². The third-order valence-corrected chi connectivity index (χ3v) is 3.80. The first-order chi connectivity index (χ1) is 9.77. The number of rotatable bonds is 1. The standard InChI is InChI=1S/C16H12N2O2/c19-16-14-13(11-8-4-5-9-12(11)17-14)15(18(16)20)10-6-2-1-3-7-10/h1-9,15,17,20H. The molecule has 0 fully saturated rings. The number of aromatic nitrogens is 1. The van der Waals surface area contributed by atoms with Crippen molar-refractivity contribution >= 4 is 16.8 Å². The van der Waals surface area contributed by atoms with Gasteiger partial charge in [0.25, 0.3) is 5.91 Å². The molecule has 1 aliphatic rings. The SMILES string of the molecule is O=C1c2[nH]c3ccccc3c2C(c2ccccc2)N1O. The lowest BCUT2D eigenvalue weighted by atomic mass is 9.99. The van der Waals surface area contributed by atoms with Gasteiger partial charge in [-0.1, -0.05) is 48.5 Å². The second-order valence-electron chi connectivity index (χ2n) is 4.92. The Labute approximate surface area is 115 Å². The van der Waals surface area contributed by atoms with Crippen LogP contribution in [0.15, 0.2) is 54.6 Å². The topological polar surface area (TPSA) is 56.3 Å². The lowest BCUT2D eigenvalue weighted by molar-refractivity contribution is -0.0723. The number of nitrogens with one attached hydrogen (secondary N) is 1. The van der Waals surface area contributed by atoms with Gasteiger partial charge in [0.2, 0.25) is 0 Å². The first-order valence-electron chi connectivity index (χ1n) is 6.45. The van der Waals surface area contributed by atoms with Crippen molar-refractivity contribution < 1.29 is 10.0 Å². The van der Waals surface area contributed by atoms with Gasteiger partial charge in [-0.3, -0.25) is 10.0 Å². The number of amides is 1. The van der Waals surface area contributed by atoms with Gasteiger partial charge in [0.15, 0.2) is 0 Å². The molecule has 1 unspecified atom stereocenters. The molecule has 1 aliphatic heterocycles. The Morgan fingerprint density at radius 2 is 1.70 bits per heavy atom. The van der Waals surface area contributed by atoms with Crippen LogP contribution in [0, 0.1) is 0 Å². The highest BCUT2D eigenvalue weighted by atomic mass is 16.5. The Kier molecular flexibility index (Phi) is 2.22. The first kappa shape index (κ1) is 11.3. The van der Waals surface area contributed by atoms with Crippen LogP contribution in [0.2, 0.25) is 0 Å². The summed E-state index contributed by atoms with van der Waals surface area (Å²) in [6.07, 6.45) is 0. The summed E-state index contributed by atoms with van der Waals surface area (Å²) in [7, 11) is 0. The molecule has 0 aliphatic carbocycles. The molecular formula is C16H12N2O2. The van der Waals surface area contributed by atoms with Gasteiger partial charge in [-0.25, -0.2) is 5.06 Å². The van der Waals surface area contributed by atoms with E-state index in [0.29, 0.717) is 5.69 Å². The zero-order valence-corrected chi connectivity index (χ0v) is 10.6. The Morgan fingerprint density at radius 3 is 2.50 bits per heavy atom. The molecule has 0 radical (unpaired) electrons. The number of hydrogen-bond acceptors (Lipinski definition) is 2. The number of carbonyl (C=O) groups excluding carboxylic acids is 1. The second kappa shape index (κ2) is 3.95. The molecule has 0 spiro atoms. The van der Waals surface area contributed by atoms with E-state index in [-0.39, 0.29) is 5.91 Å². The summed E-state index contributed by atoms with van der Waals surface area (Å²) in [6.45, 7) is 0. The lowest BCUT2D eigenvalue weighted by Gasteiger charge is -2.19. The fourth-order valence-electron chi connectivity index (χ4n) is 2.91. The van der Waals surface area contributed by atoms with E-state index in [1.54, 1.807) is 0 Å². The van der Waals surface area contributed by atoms with Crippen molar-refractivity contribution in [2.45, 2.75) is 6.04 Å². The summed E-state index contributed by atoms with van der Waals surface area (Å²) in [5, 5.41) is 11.9. The molecule has 4 nitrogen and oxygen atoms in total. The molecule has 0 bridgehead atoms. The van der Waals surface area contributed by atoms with Gasteiger partial charge in [0.05, 0.1) is 0 Å². The summed E-state index contributed by atoms with van der Waals surface area (Å²) in [6, 6.07) is 16.9. The van der Waals surface area contributed by atoms with Crippen molar-refractivity contribution in [2.75, 3.05) is 0 Å². The lowest BCUT2D eigenvalue weighted by Crippen LogP contribution is -2.25. The third-order valence-electron chi connectivity index (χ3n) is 3.80. The van der Waals surface area contributed by atoms with E-state index in [2.05, 4.69) is 4.98 Å². The molecule has 2 heterocycles. The largest absolute Gasteiger partial charge is 0.350 e. The Bertz CT molecular complexity index is 808. The van der Waals surface area contributed by atoms with Gasteiger partial charge in [-0.05, 0) is 11.6 Å². The van der Waals surface area contributed by atoms with Crippen molar-refractivity contribution in [3.63, 3.8) is 0 Å². The van der Waals surface area contributed by atoms with E-state index < -0.39 is 6.04 Å². The third kappa shape index (κ3) is 1.37. The molecule has 1 amide bonds. The minimum Gasteiger partial charge on any atom is -0.350 e. The minimum atomic E-state index is -0.449. The molecule has 1 aromatic heterocycles. The summed E-state index contributed by atoms with van der Waals surface area (Å²) >= 11 is 0. The summed E-state index contributed by atoms with van der Waals surface area (Å²) < 4.78 is 0. The van der Waals surface area contributed by atoms with E-state index in [0.717, 1.165) is 27.1 Å². The van der Waals surface area contributed by atoms with E-state index in [9.17, 15) is 10.0 Å². The van der Waals surface area contributed by atoms with E-state index in [1.807, 2.05) is 54.6 Å². The highest BCUT2D eigenvalue weighted by Gasteiger charge is 2.40. The Morgan fingerprint density at radius 1 is 1.00 bits per heavy atom. The maximum Gasteiger partial charge on any atom is 0.294 e. The van der Waals surface area contributed by atoms with Crippen molar-refractivity contribution in [3.8, 4) is 0 Å². The molecule has 0 saturated heterocycles. The molecule has 4 heteroatoms. The van der Waals surface area contributed by atoms with E-state index in [4.69, 9.17) is 0 Å². The zero-order valence-electron chi connectivity index (χ0n) is 10.6. The number of para-hydroxylation sites is 1. The predicted octanol–water partition coefficient (Wildman–Crippen LogP) is 3.10. The molecule has 20 heavy (non-hydrogen) atoms. The smallest absolute Gasteiger partial charge is 0.294 e. The van der Waals surface area contributed by atoms with E-state index >= 15 is 0 Å². The monoisotopic (exact) mass is 264 g/mol. The normalized spacial score (nSPS) is 17.8. The number of H-pyrrole nitrogens is 1. The van der Waals surface area contributed by atoms with Crippen LogP contribution in [0.4, 0.5) is 0 Å². The predicted molar refractivity (Wildman–Crippen MR) is 74.5 cm³/mol. The summed E-state index contributed by atoms with van der Waals surface area (Å²) in [4.78, 5) is 15.3. The van der Waals surface area contributed by atoms with Crippen molar-refractivity contribution in [1.82, 2.24) is 10.0 Å². The minimum absolute atomic E-state index is 0.384. The van der Waals surface area contributed by atoms with Gasteiger partial charge in [0, 0.05) is 16.5 Å². The molecule has 1 atom stereocenters. The quantitative estimate of drug-likeness (QED) is 0.663. The number of aromatic amines is 1. The van der Waals surface area contributed by atoms with Crippen molar-refractivity contribution in [2.24, 2.45) is 0 Å². The van der Waals surface area contributed by atoms with Crippen LogP contribution in [-0.4, -0.2) is 21.2 Å². The summed E-state index contributed by atoms with van der Waals surface area (Å²) in [5.74, 6) is -0.384. The highest BCUT2D eigenvalue weighted by Crippen LogP contribution is 2.41. The maximum atomic E-state index is 12.2. The number of nitrogens with zero attached hydrogens (tertiary/aromatic N) is 1. The van der Waals surface area contributed by atoms with Gasteiger partial charge in [0.1, 0.15) is 11.7 Å². The summed E-state index contributed by atoms with van der Waals surface area (Å²) in [5.41, 5.74) is 3.13. The van der Waals surface area contributed by atoms with Crippen molar-refractivity contribution in [3.05, 3.63) is 71.4 Å². The van der Waals surface area contributed by atoms with Gasteiger partial charge in [-0.15, -0.1) is 0 Å². The molecule has 0 saturated carbocycles. The maximum absolute atomic E-state index is 12.2. The second-order valence-corrected chi connectivity index (χ2v) is 4.92. The average molecular weight is 264 g/mol. The molecule has 3 aromatic rings. The van der Waals surface area contributed by atoms with Crippen LogP contribution in [0.1, 0.15) is 27.7 Å². The Balaban J connectivity index is 2.01. The fraction of sp³-hybridized carbons (Fsp3) is 0.0625. The number of carbonyl (C=O) groups is 1. The zero-order chi connectivity index (χ0) is 13.7. The molecule has 4 rings (SSSR count). The fourth-order valence-corrected chi connectivity index (χ4v) is 2.91. The average Bonchev–Trinajstić information content (AvgIpc) is 2.97. The van der Waals surface area contributed by atoms with Crippen molar-refractivity contribution in [1.29, 1.82) is 0 Å². The highest BCUT2D eigenvalue weighted by molar-refractivity contribution is 6.04. The molecule has 2 aromatic carbocycles. The van der Waals surface area contributed by atoms with Crippen LogP contribution in [0.3, 0.4) is 0 Å². The van der Waals surface area contributed by atoms with E-state index in [1.165, 1.54) is 0 Å². The van der Waals surface area contributed by atoms with Gasteiger partial charge >= 0.3 is 0 Å². The van der Waals surface area contributed by atoms with Gasteiger partial charge < -0.3 is 4.98 Å². The van der Waals surface area contributed by atoms with Crippen LogP contribution >= 0.6 is 0 Å². The number of fused-ring (bicyclic) bond motifs is 3. The number of hydrogen-bond donors (Lipinski definition) is 2. The van der Waals surface area contributed by atoms with Crippen LogP contribution in [0.5, 0.6) is 0 Å².